The van der Waals surface area contributed by atoms with Crippen molar-refractivity contribution in [3.63, 3.8) is 0 Å². The molecule has 1 unspecified atom stereocenters. The van der Waals surface area contributed by atoms with Crippen LogP contribution >= 0.6 is 0 Å². The van der Waals surface area contributed by atoms with Crippen molar-refractivity contribution in [1.29, 1.82) is 0 Å². The molecular weight excluding hydrogens is 622 g/mol. The summed E-state index contributed by atoms with van der Waals surface area (Å²) in [5, 5.41) is 0.628. The number of ether oxygens (including phenoxy) is 4. The normalized spacial score (nSPS) is 28.8. The molecule has 1 fully saturated rings. The zero-order valence-corrected chi connectivity index (χ0v) is 27.7. The van der Waals surface area contributed by atoms with Crippen LogP contribution in [0.15, 0.2) is 55.3 Å². The molecule has 1 aromatic carbocycles. The summed E-state index contributed by atoms with van der Waals surface area (Å²) in [5.41, 5.74) is 0.824. The Hall–Kier alpha value is -4.71. The molecule has 0 saturated heterocycles. The zero-order chi connectivity index (χ0) is 34.3. The van der Waals surface area contributed by atoms with Crippen molar-refractivity contribution in [2.45, 2.75) is 70.2 Å². The van der Waals surface area contributed by atoms with Gasteiger partial charge in [0.25, 0.3) is 0 Å². The van der Waals surface area contributed by atoms with Crippen molar-refractivity contribution in [1.82, 2.24) is 0 Å². The number of nitrogens with zero attached hydrogens (tertiary/aromatic N) is 1. The summed E-state index contributed by atoms with van der Waals surface area (Å²) in [6.07, 6.45) is -0.00290. The quantitative estimate of drug-likeness (QED) is 0.202. The second-order valence-corrected chi connectivity index (χ2v) is 13.8. The number of furan rings is 1. The molecule has 12 heteroatoms. The van der Waals surface area contributed by atoms with Crippen molar-refractivity contribution in [2.24, 2.45) is 11.3 Å². The Labute approximate surface area is 275 Å². The fourth-order valence-corrected chi connectivity index (χ4v) is 8.65. The molecule has 7 rings (SSSR count). The number of esters is 3. The van der Waals surface area contributed by atoms with Crippen LogP contribution < -0.4 is 10.5 Å². The van der Waals surface area contributed by atoms with Crippen LogP contribution in [0.5, 0.6) is 0 Å². The summed E-state index contributed by atoms with van der Waals surface area (Å²) in [6.45, 7) is 5.16. The highest BCUT2D eigenvalue weighted by molar-refractivity contribution is 6.13. The van der Waals surface area contributed by atoms with Gasteiger partial charge in [-0.15, -0.1) is 0 Å². The maximum Gasteiger partial charge on any atom is 0.342 e. The van der Waals surface area contributed by atoms with Gasteiger partial charge in [-0.25, -0.2) is 9.59 Å². The lowest BCUT2D eigenvalue weighted by Gasteiger charge is -2.52. The molecule has 4 aliphatic rings. The van der Waals surface area contributed by atoms with Crippen molar-refractivity contribution in [2.75, 3.05) is 32.7 Å². The average molecular weight is 660 g/mol. The van der Waals surface area contributed by atoms with E-state index in [4.69, 9.17) is 27.8 Å². The van der Waals surface area contributed by atoms with Crippen LogP contribution in [-0.2, 0) is 40.4 Å². The summed E-state index contributed by atoms with van der Waals surface area (Å²) < 4.78 is 34.7. The van der Waals surface area contributed by atoms with Crippen LogP contribution in [0.3, 0.4) is 0 Å². The highest BCUT2D eigenvalue weighted by Crippen LogP contribution is 2.62. The SMILES string of the molecule is COC[C@H]1OC(=O)c2coc3c2[C@@]1(C)C1=C(C3=O)C2CC[C@H](OC(=O)Cc3cc(=O)oc4cc(N(C)C)ccc34)[C@@]2(C)C[C@H]1OC(C)=O. The van der Waals surface area contributed by atoms with Crippen LogP contribution in [0.4, 0.5) is 5.69 Å². The summed E-state index contributed by atoms with van der Waals surface area (Å²) in [4.78, 5) is 67.8. The van der Waals surface area contributed by atoms with E-state index in [9.17, 15) is 24.0 Å². The second kappa shape index (κ2) is 11.2. The predicted octanol–water partition coefficient (Wildman–Crippen LogP) is 4.29. The second-order valence-electron chi connectivity index (χ2n) is 13.8. The first-order chi connectivity index (χ1) is 22.8. The molecule has 1 saturated carbocycles. The molecule has 12 nitrogen and oxygen atoms in total. The summed E-state index contributed by atoms with van der Waals surface area (Å²) in [6, 6.07) is 6.74. The topological polar surface area (TPSA) is 152 Å². The number of hydrogen-bond acceptors (Lipinski definition) is 12. The Morgan fingerprint density at radius 2 is 1.83 bits per heavy atom. The molecule has 0 radical (unpaired) electrons. The fraction of sp³-hybridized carbons (Fsp3) is 0.472. The van der Waals surface area contributed by atoms with Gasteiger partial charge in [-0.2, -0.15) is 0 Å². The van der Waals surface area contributed by atoms with Gasteiger partial charge in [0.2, 0.25) is 5.78 Å². The molecule has 3 aliphatic carbocycles. The van der Waals surface area contributed by atoms with E-state index in [-0.39, 0.29) is 42.5 Å². The Balaban J connectivity index is 1.25. The van der Waals surface area contributed by atoms with Crippen molar-refractivity contribution in [3.8, 4) is 0 Å². The number of Topliss-reactive ketones (excluding diaryl/α,β-unsaturated/α-hetero) is 1. The number of hydrogen-bond donors (Lipinski definition) is 0. The maximum atomic E-state index is 14.3. The zero-order valence-electron chi connectivity index (χ0n) is 27.7. The number of fused-ring (bicyclic) bond motifs is 4. The number of benzene rings is 1. The molecule has 252 valence electrons. The Morgan fingerprint density at radius 3 is 2.54 bits per heavy atom. The lowest BCUT2D eigenvalue weighted by atomic mass is 9.54. The van der Waals surface area contributed by atoms with Crippen molar-refractivity contribution >= 4 is 40.3 Å². The van der Waals surface area contributed by atoms with Crippen molar-refractivity contribution in [3.05, 3.63) is 74.5 Å². The summed E-state index contributed by atoms with van der Waals surface area (Å²) >= 11 is 0. The van der Waals surface area contributed by atoms with Gasteiger partial charge >= 0.3 is 23.5 Å². The number of rotatable bonds is 7. The third kappa shape index (κ3) is 4.63. The Morgan fingerprint density at radius 1 is 1.06 bits per heavy atom. The molecule has 6 atom stereocenters. The van der Waals surface area contributed by atoms with E-state index in [1.54, 1.807) is 6.07 Å². The predicted molar refractivity (Wildman–Crippen MR) is 170 cm³/mol. The maximum absolute atomic E-state index is 14.3. The van der Waals surface area contributed by atoms with Gasteiger partial charge in [0.1, 0.15) is 35.7 Å². The molecule has 1 aliphatic heterocycles. The first-order valence-electron chi connectivity index (χ1n) is 16.0. The van der Waals surface area contributed by atoms with E-state index in [2.05, 4.69) is 0 Å². The minimum absolute atomic E-state index is 0.0369. The van der Waals surface area contributed by atoms with Crippen LogP contribution in [0, 0.1) is 11.3 Å². The lowest BCUT2D eigenvalue weighted by Crippen LogP contribution is -2.57. The monoisotopic (exact) mass is 659 g/mol. The average Bonchev–Trinajstić information content (AvgIpc) is 3.60. The van der Waals surface area contributed by atoms with E-state index in [0.717, 1.165) is 5.69 Å². The van der Waals surface area contributed by atoms with Gasteiger partial charge in [0.05, 0.1) is 18.4 Å². The molecule has 0 spiro atoms. The molecule has 0 N–H and O–H groups in total. The number of carbonyl (C=O) groups is 4. The van der Waals surface area contributed by atoms with Crippen molar-refractivity contribution < 1.29 is 47.0 Å². The van der Waals surface area contributed by atoms with E-state index >= 15 is 0 Å². The van der Waals surface area contributed by atoms with E-state index in [1.165, 1.54) is 26.4 Å². The van der Waals surface area contributed by atoms with Crippen LogP contribution in [0.1, 0.15) is 72.1 Å². The molecule has 0 bridgehead atoms. The number of ketones is 1. The van der Waals surface area contributed by atoms with E-state index < -0.39 is 52.7 Å². The first kappa shape index (κ1) is 31.9. The molecule has 3 heterocycles. The number of anilines is 1. The highest BCUT2D eigenvalue weighted by Gasteiger charge is 2.65. The molecular formula is C36H37NO11. The number of cyclic esters (lactones) is 1. The van der Waals surface area contributed by atoms with Crippen LogP contribution in [0.25, 0.3) is 11.0 Å². The third-order valence-corrected chi connectivity index (χ3v) is 10.8. The molecule has 2 aromatic heterocycles. The molecule has 48 heavy (non-hydrogen) atoms. The molecule has 3 aromatic rings. The van der Waals surface area contributed by atoms with Gasteiger partial charge in [-0.1, -0.05) is 6.92 Å². The third-order valence-electron chi connectivity index (χ3n) is 10.8. The van der Waals surface area contributed by atoms with Gasteiger partial charge in [-0.3, -0.25) is 14.4 Å². The van der Waals surface area contributed by atoms with Gasteiger partial charge < -0.3 is 32.7 Å². The smallest absolute Gasteiger partial charge is 0.342 e. The Kier molecular flexibility index (Phi) is 7.43. The summed E-state index contributed by atoms with van der Waals surface area (Å²) in [5.74, 6) is -2.39. The van der Waals surface area contributed by atoms with E-state index in [1.807, 2.05) is 45.0 Å². The number of carbonyl (C=O) groups excluding carboxylic acids is 4. The standard InChI is InChI=1S/C36H37NO11/c1-17(38)45-24-14-35(2)22(29-31(24)36(3)26(16-43-6)48-34(42)21-15-44-33(30(21)36)32(29)41)9-10-25(35)47-28(40)12-18-11-27(39)46-23-13-19(37(4)5)7-8-20(18)23/h7-8,11,13,15,22,24-26H,9-10,12,14,16H2,1-6H3/t22?,24-,25+,26-,35+,36+/m1/s1. The molecule has 0 amide bonds. The highest BCUT2D eigenvalue weighted by atomic mass is 16.6. The number of methoxy groups -OCH3 is 1. The lowest BCUT2D eigenvalue weighted by molar-refractivity contribution is -0.159. The number of allylic oxidation sites excluding steroid dienone is 1. The van der Waals surface area contributed by atoms with E-state index in [0.29, 0.717) is 46.1 Å². The summed E-state index contributed by atoms with van der Waals surface area (Å²) in [7, 11) is 5.25. The van der Waals surface area contributed by atoms with Gasteiger partial charge in [0, 0.05) is 67.9 Å². The van der Waals surface area contributed by atoms with Gasteiger partial charge in [0.15, 0.2) is 5.76 Å². The van der Waals surface area contributed by atoms with Gasteiger partial charge in [-0.05, 0) is 55.4 Å². The van der Waals surface area contributed by atoms with Crippen LogP contribution in [0.2, 0.25) is 0 Å². The largest absolute Gasteiger partial charge is 0.462 e. The van der Waals surface area contributed by atoms with Crippen LogP contribution in [-0.4, -0.2) is 69.8 Å². The Bertz CT molecular complexity index is 1980. The minimum atomic E-state index is -1.08. The fourth-order valence-electron chi connectivity index (χ4n) is 8.65. The first-order valence-corrected chi connectivity index (χ1v) is 16.0. The minimum Gasteiger partial charge on any atom is -0.462 e.